The van der Waals surface area contributed by atoms with Crippen molar-refractivity contribution in [1.29, 1.82) is 0 Å². The van der Waals surface area contributed by atoms with Gasteiger partial charge in [0.15, 0.2) is 0 Å². The minimum absolute atomic E-state index is 0.194. The molecular formula is C16H29N5O. The summed E-state index contributed by atoms with van der Waals surface area (Å²) in [5, 5.41) is 0. The molecular weight excluding hydrogens is 278 g/mol. The number of piperazine rings is 1. The van der Waals surface area contributed by atoms with Gasteiger partial charge < -0.3 is 9.47 Å². The Morgan fingerprint density at radius 2 is 2.05 bits per heavy atom. The fourth-order valence-electron chi connectivity index (χ4n) is 3.11. The van der Waals surface area contributed by atoms with Gasteiger partial charge in [-0.2, -0.15) is 0 Å². The summed E-state index contributed by atoms with van der Waals surface area (Å²) < 4.78 is 2.06. The molecule has 1 saturated heterocycles. The van der Waals surface area contributed by atoms with Gasteiger partial charge in [0.1, 0.15) is 5.82 Å². The molecule has 0 spiro atoms. The molecule has 0 aliphatic carbocycles. The molecule has 1 aliphatic rings. The van der Waals surface area contributed by atoms with Crippen molar-refractivity contribution in [2.24, 2.45) is 7.05 Å². The van der Waals surface area contributed by atoms with Crippen LogP contribution in [0.1, 0.15) is 32.6 Å². The summed E-state index contributed by atoms with van der Waals surface area (Å²) in [4.78, 5) is 23.6. The fraction of sp³-hybridized carbons (Fsp3) is 0.750. The zero-order valence-corrected chi connectivity index (χ0v) is 14.3. The molecule has 1 amide bonds. The second-order valence-corrected chi connectivity index (χ2v) is 5.84. The Balaban J connectivity index is 2.07. The summed E-state index contributed by atoms with van der Waals surface area (Å²) >= 11 is 0. The van der Waals surface area contributed by atoms with E-state index in [1.54, 1.807) is 0 Å². The number of hydrogen-bond acceptors (Lipinski definition) is 4. The normalized spacial score (nSPS) is 19.9. The van der Waals surface area contributed by atoms with Crippen molar-refractivity contribution in [2.45, 2.75) is 26.8 Å². The molecule has 1 aliphatic heterocycles. The smallest absolute Gasteiger partial charge is 0.236 e. The molecule has 1 aromatic rings. The summed E-state index contributed by atoms with van der Waals surface area (Å²) in [6, 6.07) is 0.194. The van der Waals surface area contributed by atoms with Crippen molar-refractivity contribution in [2.75, 3.05) is 45.8 Å². The van der Waals surface area contributed by atoms with E-state index in [0.29, 0.717) is 6.54 Å². The van der Waals surface area contributed by atoms with E-state index >= 15 is 0 Å². The summed E-state index contributed by atoms with van der Waals surface area (Å²) in [6.45, 7) is 12.2. The topological polar surface area (TPSA) is 44.6 Å². The van der Waals surface area contributed by atoms with Gasteiger partial charge >= 0.3 is 0 Å². The highest BCUT2D eigenvalue weighted by Gasteiger charge is 2.32. The molecule has 0 bridgehead atoms. The van der Waals surface area contributed by atoms with E-state index in [9.17, 15) is 4.79 Å². The highest BCUT2D eigenvalue weighted by Crippen LogP contribution is 2.23. The predicted octanol–water partition coefficient (Wildman–Crippen LogP) is 0.967. The minimum atomic E-state index is 0.194. The van der Waals surface area contributed by atoms with Crippen LogP contribution >= 0.6 is 0 Å². The lowest BCUT2D eigenvalue weighted by Gasteiger charge is -2.41. The Morgan fingerprint density at radius 1 is 1.32 bits per heavy atom. The number of likely N-dealkylation sites (N-methyl/N-ethyl adjacent to an activating group) is 2. The maximum absolute atomic E-state index is 12.6. The zero-order valence-electron chi connectivity index (χ0n) is 14.3. The van der Waals surface area contributed by atoms with Crippen LogP contribution in [0.3, 0.4) is 0 Å². The van der Waals surface area contributed by atoms with Gasteiger partial charge in [0.2, 0.25) is 5.91 Å². The van der Waals surface area contributed by atoms with E-state index in [-0.39, 0.29) is 11.9 Å². The summed E-state index contributed by atoms with van der Waals surface area (Å²) in [6.07, 6.45) is 3.81. The molecule has 0 saturated carbocycles. The zero-order chi connectivity index (χ0) is 16.1. The van der Waals surface area contributed by atoms with Crippen LogP contribution in [0.4, 0.5) is 0 Å². The lowest BCUT2D eigenvalue weighted by molar-refractivity contribution is -0.135. The second-order valence-electron chi connectivity index (χ2n) is 5.84. The third-order valence-electron chi connectivity index (χ3n) is 4.66. The third-order valence-corrected chi connectivity index (χ3v) is 4.66. The molecule has 22 heavy (non-hydrogen) atoms. The quantitative estimate of drug-likeness (QED) is 0.785. The average Bonchev–Trinajstić information content (AvgIpc) is 2.97. The Labute approximate surface area is 133 Å². The number of hydrogen-bond donors (Lipinski definition) is 0. The highest BCUT2D eigenvalue weighted by molar-refractivity contribution is 5.78. The van der Waals surface area contributed by atoms with Gasteiger partial charge in [0.25, 0.3) is 0 Å². The molecule has 2 rings (SSSR count). The number of nitrogens with zero attached hydrogens (tertiary/aromatic N) is 5. The summed E-state index contributed by atoms with van der Waals surface area (Å²) in [5.41, 5.74) is 0. The van der Waals surface area contributed by atoms with Crippen molar-refractivity contribution >= 4 is 5.91 Å². The van der Waals surface area contributed by atoms with E-state index in [0.717, 1.165) is 45.1 Å². The summed E-state index contributed by atoms with van der Waals surface area (Å²) in [7, 11) is 2.02. The Bertz CT molecular complexity index is 483. The van der Waals surface area contributed by atoms with Crippen molar-refractivity contribution in [1.82, 2.24) is 24.3 Å². The Kier molecular flexibility index (Phi) is 5.97. The molecule has 6 heteroatoms. The molecule has 6 nitrogen and oxygen atoms in total. The van der Waals surface area contributed by atoms with Crippen LogP contribution in [-0.2, 0) is 11.8 Å². The van der Waals surface area contributed by atoms with Crippen LogP contribution in [0, 0.1) is 0 Å². The maximum atomic E-state index is 12.6. The third kappa shape index (κ3) is 3.67. The number of rotatable bonds is 6. The monoisotopic (exact) mass is 307 g/mol. The standard InChI is InChI=1S/C16H29N5O/c1-5-19(6-2)13-15(22)21-11-10-20(7-3)14(12-21)16-17-8-9-18(16)4/h8-9,14H,5-7,10-13H2,1-4H3/t14-/m1/s1. The molecule has 1 atom stereocenters. The van der Waals surface area contributed by atoms with Crippen molar-refractivity contribution in [3.8, 4) is 0 Å². The molecule has 1 aromatic heterocycles. The van der Waals surface area contributed by atoms with E-state index in [4.69, 9.17) is 0 Å². The van der Waals surface area contributed by atoms with Gasteiger partial charge in [-0.3, -0.25) is 14.6 Å². The molecule has 2 heterocycles. The first kappa shape index (κ1) is 17.0. The van der Waals surface area contributed by atoms with E-state index in [1.807, 2.05) is 24.3 Å². The van der Waals surface area contributed by atoms with Crippen LogP contribution in [0.15, 0.2) is 12.4 Å². The molecule has 0 radical (unpaired) electrons. The van der Waals surface area contributed by atoms with Gasteiger partial charge in [-0.25, -0.2) is 4.98 Å². The maximum Gasteiger partial charge on any atom is 0.236 e. The van der Waals surface area contributed by atoms with Gasteiger partial charge in [-0.05, 0) is 19.6 Å². The van der Waals surface area contributed by atoms with Crippen molar-refractivity contribution in [3.63, 3.8) is 0 Å². The van der Waals surface area contributed by atoms with Crippen LogP contribution in [0.5, 0.6) is 0 Å². The van der Waals surface area contributed by atoms with Gasteiger partial charge in [0, 0.05) is 39.1 Å². The summed E-state index contributed by atoms with van der Waals surface area (Å²) in [5.74, 6) is 1.28. The number of carbonyl (C=O) groups is 1. The average molecular weight is 307 g/mol. The second kappa shape index (κ2) is 7.74. The largest absolute Gasteiger partial charge is 0.338 e. The van der Waals surface area contributed by atoms with E-state index in [2.05, 4.69) is 40.1 Å². The fourth-order valence-corrected chi connectivity index (χ4v) is 3.11. The van der Waals surface area contributed by atoms with Crippen LogP contribution in [0.25, 0.3) is 0 Å². The molecule has 0 aromatic carbocycles. The highest BCUT2D eigenvalue weighted by atomic mass is 16.2. The molecule has 124 valence electrons. The first-order chi connectivity index (χ1) is 10.6. The van der Waals surface area contributed by atoms with Crippen LogP contribution in [-0.4, -0.2) is 76.0 Å². The van der Waals surface area contributed by atoms with Crippen LogP contribution in [0.2, 0.25) is 0 Å². The number of aromatic nitrogens is 2. The van der Waals surface area contributed by atoms with Gasteiger partial charge in [-0.15, -0.1) is 0 Å². The first-order valence-electron chi connectivity index (χ1n) is 8.32. The SMILES string of the molecule is CCN(CC)CC(=O)N1CCN(CC)[C@@H](c2nccn2C)C1. The van der Waals surface area contributed by atoms with Crippen molar-refractivity contribution in [3.05, 3.63) is 18.2 Å². The molecule has 0 N–H and O–H groups in total. The van der Waals surface area contributed by atoms with Gasteiger partial charge in [-0.1, -0.05) is 20.8 Å². The van der Waals surface area contributed by atoms with E-state index < -0.39 is 0 Å². The minimum Gasteiger partial charge on any atom is -0.338 e. The van der Waals surface area contributed by atoms with Crippen LogP contribution < -0.4 is 0 Å². The Hall–Kier alpha value is -1.40. The lowest BCUT2D eigenvalue weighted by Crippen LogP contribution is -2.53. The molecule has 0 unspecified atom stereocenters. The predicted molar refractivity (Wildman–Crippen MR) is 87.6 cm³/mol. The number of amides is 1. The molecule has 1 fully saturated rings. The lowest BCUT2D eigenvalue weighted by atomic mass is 10.1. The Morgan fingerprint density at radius 3 is 2.59 bits per heavy atom. The van der Waals surface area contributed by atoms with Crippen molar-refractivity contribution < 1.29 is 4.79 Å². The number of imidazole rings is 1. The van der Waals surface area contributed by atoms with Gasteiger partial charge in [0.05, 0.1) is 12.6 Å². The number of aryl methyl sites for hydroxylation is 1. The van der Waals surface area contributed by atoms with E-state index in [1.165, 1.54) is 0 Å². The first-order valence-corrected chi connectivity index (χ1v) is 8.32. The number of carbonyl (C=O) groups excluding carboxylic acids is 1.